The standard InChI is InChI=1S/C13H19F2N3O2S/c1-17-6-7-18(10(8-16)9-17)11-4-2-3-5-12(11)21(19,20)13(14)15/h2-5,10,13H,6-9,16H2,1H3. The van der Waals surface area contributed by atoms with Crippen LogP contribution in [0.1, 0.15) is 0 Å². The van der Waals surface area contributed by atoms with Gasteiger partial charge in [0.1, 0.15) is 0 Å². The quantitative estimate of drug-likeness (QED) is 0.888. The molecule has 1 unspecified atom stereocenters. The molecular weight excluding hydrogens is 300 g/mol. The normalized spacial score (nSPS) is 21.0. The highest BCUT2D eigenvalue weighted by atomic mass is 32.2. The Bertz CT molecular complexity index is 595. The van der Waals surface area contributed by atoms with Crippen molar-refractivity contribution in [1.82, 2.24) is 4.90 Å². The summed E-state index contributed by atoms with van der Waals surface area (Å²) >= 11 is 0. The van der Waals surface area contributed by atoms with Crippen LogP contribution >= 0.6 is 0 Å². The van der Waals surface area contributed by atoms with Gasteiger partial charge in [-0.3, -0.25) is 0 Å². The van der Waals surface area contributed by atoms with Gasteiger partial charge >= 0.3 is 5.76 Å². The molecule has 0 spiro atoms. The molecule has 5 nitrogen and oxygen atoms in total. The first-order valence-electron chi connectivity index (χ1n) is 6.64. The van der Waals surface area contributed by atoms with E-state index < -0.39 is 15.6 Å². The van der Waals surface area contributed by atoms with Gasteiger partial charge in [-0.25, -0.2) is 8.42 Å². The van der Waals surface area contributed by atoms with Gasteiger partial charge in [0.25, 0.3) is 0 Å². The molecular formula is C13H19F2N3O2S. The Hall–Kier alpha value is -1.25. The van der Waals surface area contributed by atoms with Gasteiger partial charge in [-0.2, -0.15) is 8.78 Å². The molecule has 0 saturated carbocycles. The number of sulfone groups is 1. The average molecular weight is 319 g/mol. The summed E-state index contributed by atoms with van der Waals surface area (Å²) in [5.74, 6) is -3.43. The van der Waals surface area contributed by atoms with E-state index in [-0.39, 0.29) is 10.9 Å². The molecule has 2 rings (SSSR count). The lowest BCUT2D eigenvalue weighted by Gasteiger charge is -2.41. The summed E-state index contributed by atoms with van der Waals surface area (Å²) < 4.78 is 49.4. The van der Waals surface area contributed by atoms with Crippen LogP contribution in [0.4, 0.5) is 14.5 Å². The molecule has 118 valence electrons. The molecule has 1 atom stereocenters. The maximum Gasteiger partial charge on any atom is 0.341 e. The number of hydrogen-bond donors (Lipinski definition) is 1. The Labute approximate surface area is 123 Å². The van der Waals surface area contributed by atoms with Crippen LogP contribution in [0.3, 0.4) is 0 Å². The number of likely N-dealkylation sites (N-methyl/N-ethyl adjacent to an activating group) is 1. The van der Waals surface area contributed by atoms with Crippen molar-refractivity contribution in [3.05, 3.63) is 24.3 Å². The molecule has 0 aromatic heterocycles. The molecule has 0 radical (unpaired) electrons. The van der Waals surface area contributed by atoms with E-state index in [0.29, 0.717) is 25.3 Å². The van der Waals surface area contributed by atoms with Gasteiger partial charge in [-0.05, 0) is 19.2 Å². The fourth-order valence-electron chi connectivity index (χ4n) is 2.56. The third-order valence-corrected chi connectivity index (χ3v) is 5.10. The number of rotatable bonds is 4. The number of para-hydroxylation sites is 1. The number of alkyl halides is 2. The van der Waals surface area contributed by atoms with Gasteiger partial charge < -0.3 is 15.5 Å². The predicted molar refractivity (Wildman–Crippen MR) is 77.3 cm³/mol. The van der Waals surface area contributed by atoms with Crippen molar-refractivity contribution in [2.75, 3.05) is 38.1 Å². The molecule has 1 aliphatic rings. The van der Waals surface area contributed by atoms with E-state index in [4.69, 9.17) is 5.73 Å². The van der Waals surface area contributed by atoms with Crippen LogP contribution in [-0.4, -0.2) is 58.3 Å². The fourth-order valence-corrected chi connectivity index (χ4v) is 3.50. The summed E-state index contributed by atoms with van der Waals surface area (Å²) in [5.41, 5.74) is 6.05. The molecule has 21 heavy (non-hydrogen) atoms. The second-order valence-corrected chi connectivity index (χ2v) is 7.00. The number of nitrogens with two attached hydrogens (primary N) is 1. The lowest BCUT2D eigenvalue weighted by molar-refractivity contribution is 0.234. The second kappa shape index (κ2) is 6.25. The van der Waals surface area contributed by atoms with E-state index in [1.807, 2.05) is 11.9 Å². The van der Waals surface area contributed by atoms with Crippen molar-refractivity contribution in [2.45, 2.75) is 16.7 Å². The molecule has 1 aromatic rings. The molecule has 0 bridgehead atoms. The van der Waals surface area contributed by atoms with Crippen LogP contribution < -0.4 is 10.6 Å². The number of nitrogens with zero attached hydrogens (tertiary/aromatic N) is 2. The molecule has 0 aliphatic carbocycles. The van der Waals surface area contributed by atoms with E-state index in [0.717, 1.165) is 6.54 Å². The zero-order valence-corrected chi connectivity index (χ0v) is 12.6. The van der Waals surface area contributed by atoms with E-state index in [1.54, 1.807) is 12.1 Å². The molecule has 1 saturated heterocycles. The first kappa shape index (κ1) is 16.1. The minimum absolute atomic E-state index is 0.0993. The van der Waals surface area contributed by atoms with Crippen LogP contribution in [-0.2, 0) is 9.84 Å². The first-order valence-corrected chi connectivity index (χ1v) is 8.19. The minimum Gasteiger partial charge on any atom is -0.364 e. The Kier molecular flexibility index (Phi) is 4.80. The van der Waals surface area contributed by atoms with Crippen LogP contribution in [0.25, 0.3) is 0 Å². The molecule has 1 aromatic carbocycles. The zero-order valence-electron chi connectivity index (χ0n) is 11.7. The number of anilines is 1. The minimum atomic E-state index is -4.63. The largest absolute Gasteiger partial charge is 0.364 e. The van der Waals surface area contributed by atoms with E-state index in [9.17, 15) is 17.2 Å². The van der Waals surface area contributed by atoms with Crippen molar-refractivity contribution in [3.8, 4) is 0 Å². The van der Waals surface area contributed by atoms with Crippen LogP contribution in [0, 0.1) is 0 Å². The summed E-state index contributed by atoms with van der Waals surface area (Å²) in [6.07, 6.45) is 0. The van der Waals surface area contributed by atoms with Crippen molar-refractivity contribution >= 4 is 15.5 Å². The van der Waals surface area contributed by atoms with E-state index in [1.165, 1.54) is 12.1 Å². The fraction of sp³-hybridized carbons (Fsp3) is 0.538. The molecule has 1 heterocycles. The van der Waals surface area contributed by atoms with Crippen molar-refractivity contribution in [1.29, 1.82) is 0 Å². The van der Waals surface area contributed by atoms with Gasteiger partial charge in [-0.1, -0.05) is 12.1 Å². The first-order chi connectivity index (χ1) is 9.87. The molecule has 2 N–H and O–H groups in total. The summed E-state index contributed by atoms with van der Waals surface area (Å²) in [6.45, 7) is 2.26. The summed E-state index contributed by atoms with van der Waals surface area (Å²) in [6, 6.07) is 5.78. The highest BCUT2D eigenvalue weighted by Crippen LogP contribution is 2.31. The number of hydrogen-bond acceptors (Lipinski definition) is 5. The number of halogens is 2. The lowest BCUT2D eigenvalue weighted by Crippen LogP contribution is -2.55. The number of piperazine rings is 1. The van der Waals surface area contributed by atoms with Gasteiger partial charge in [0.2, 0.25) is 9.84 Å². The molecule has 1 aliphatic heterocycles. The monoisotopic (exact) mass is 319 g/mol. The maximum atomic E-state index is 12.8. The third kappa shape index (κ3) is 3.17. The van der Waals surface area contributed by atoms with Crippen molar-refractivity contribution in [2.24, 2.45) is 5.73 Å². The van der Waals surface area contributed by atoms with Gasteiger partial charge in [0.15, 0.2) is 0 Å². The summed E-state index contributed by atoms with van der Waals surface area (Å²) in [7, 11) is -2.69. The van der Waals surface area contributed by atoms with Gasteiger partial charge in [-0.15, -0.1) is 0 Å². The van der Waals surface area contributed by atoms with E-state index in [2.05, 4.69) is 4.90 Å². The Morgan fingerprint density at radius 3 is 2.62 bits per heavy atom. The van der Waals surface area contributed by atoms with E-state index >= 15 is 0 Å². The molecule has 0 amide bonds. The Morgan fingerprint density at radius 1 is 1.33 bits per heavy atom. The Morgan fingerprint density at radius 2 is 2.00 bits per heavy atom. The zero-order chi connectivity index (χ0) is 15.6. The topological polar surface area (TPSA) is 66.6 Å². The third-order valence-electron chi connectivity index (χ3n) is 3.67. The second-order valence-electron chi connectivity index (χ2n) is 5.12. The smallest absolute Gasteiger partial charge is 0.341 e. The summed E-state index contributed by atoms with van der Waals surface area (Å²) in [4.78, 5) is 3.57. The van der Waals surface area contributed by atoms with Crippen LogP contribution in [0.15, 0.2) is 29.2 Å². The lowest BCUT2D eigenvalue weighted by atomic mass is 10.1. The van der Waals surface area contributed by atoms with Crippen molar-refractivity contribution < 1.29 is 17.2 Å². The average Bonchev–Trinajstić information content (AvgIpc) is 2.47. The van der Waals surface area contributed by atoms with Gasteiger partial charge in [0.05, 0.1) is 16.6 Å². The highest BCUT2D eigenvalue weighted by Gasteiger charge is 2.33. The summed E-state index contributed by atoms with van der Waals surface area (Å²) in [5, 5.41) is 0. The number of benzene rings is 1. The van der Waals surface area contributed by atoms with Gasteiger partial charge in [0, 0.05) is 26.2 Å². The van der Waals surface area contributed by atoms with Crippen molar-refractivity contribution in [3.63, 3.8) is 0 Å². The molecule has 1 fully saturated rings. The maximum absolute atomic E-state index is 12.8. The van der Waals surface area contributed by atoms with Crippen LogP contribution in [0.5, 0.6) is 0 Å². The van der Waals surface area contributed by atoms with Crippen LogP contribution in [0.2, 0.25) is 0 Å². The SMILES string of the molecule is CN1CCN(c2ccccc2S(=O)(=O)C(F)F)C(CN)C1. The Balaban J connectivity index is 2.45. The molecule has 8 heteroatoms. The highest BCUT2D eigenvalue weighted by molar-refractivity contribution is 7.91. The predicted octanol–water partition coefficient (Wildman–Crippen LogP) is 0.762.